The van der Waals surface area contributed by atoms with Gasteiger partial charge in [-0.05, 0) is 30.4 Å². The summed E-state index contributed by atoms with van der Waals surface area (Å²) in [6.07, 6.45) is 7.72. The minimum atomic E-state index is 0.673. The van der Waals surface area contributed by atoms with Crippen LogP contribution in [0.25, 0.3) is 0 Å². The molecule has 0 saturated heterocycles. The predicted octanol–water partition coefficient (Wildman–Crippen LogP) is 1.85. The molecule has 0 spiro atoms. The van der Waals surface area contributed by atoms with Crippen LogP contribution in [0.1, 0.15) is 20.3 Å². The molecule has 0 aromatic carbocycles. The van der Waals surface area contributed by atoms with Gasteiger partial charge in [-0.1, -0.05) is 19.1 Å². The van der Waals surface area contributed by atoms with Gasteiger partial charge in [-0.3, -0.25) is 0 Å². The number of hydrazine groups is 1. The quantitative estimate of drug-likeness (QED) is 0.568. The third-order valence-corrected chi connectivity index (χ3v) is 2.36. The first-order valence-electron chi connectivity index (χ1n) is 4.38. The summed E-state index contributed by atoms with van der Waals surface area (Å²) >= 11 is 0. The molecule has 1 heterocycles. The summed E-state index contributed by atoms with van der Waals surface area (Å²) in [5.74, 6) is 0.673. The number of nitrogens with one attached hydrogen (secondary N) is 2. The Balaban J connectivity index is 2.37. The van der Waals surface area contributed by atoms with Crippen LogP contribution in [0.5, 0.6) is 0 Å². The van der Waals surface area contributed by atoms with Gasteiger partial charge in [-0.25, -0.2) is 0 Å². The number of hydrogen-bond donors (Lipinski definition) is 2. The number of fused-ring (bicyclic) bond motifs is 1. The number of allylic oxidation sites excluding steroid dienone is 3. The van der Waals surface area contributed by atoms with Crippen molar-refractivity contribution < 1.29 is 0 Å². The maximum atomic E-state index is 3.14. The van der Waals surface area contributed by atoms with E-state index in [1.165, 1.54) is 16.8 Å². The molecule has 0 fully saturated rings. The molecule has 2 nitrogen and oxygen atoms in total. The van der Waals surface area contributed by atoms with Gasteiger partial charge in [0, 0.05) is 6.20 Å². The van der Waals surface area contributed by atoms with E-state index in [9.17, 15) is 0 Å². The maximum Gasteiger partial charge on any atom is 0.0572 e. The van der Waals surface area contributed by atoms with E-state index in [2.05, 4.69) is 36.9 Å². The van der Waals surface area contributed by atoms with E-state index in [0.717, 1.165) is 6.42 Å². The van der Waals surface area contributed by atoms with Gasteiger partial charge in [0.05, 0.1) is 5.70 Å². The first-order chi connectivity index (χ1) is 5.77. The molecule has 1 aliphatic carbocycles. The van der Waals surface area contributed by atoms with Gasteiger partial charge < -0.3 is 10.9 Å². The zero-order valence-corrected chi connectivity index (χ0v) is 7.52. The Labute approximate surface area is 73.0 Å². The van der Waals surface area contributed by atoms with E-state index in [4.69, 9.17) is 0 Å². The summed E-state index contributed by atoms with van der Waals surface area (Å²) in [5.41, 5.74) is 10.1. The lowest BCUT2D eigenvalue weighted by Gasteiger charge is -2.25. The number of rotatable bonds is 0. The average Bonchev–Trinajstić information content (AvgIpc) is 2.07. The van der Waals surface area contributed by atoms with E-state index >= 15 is 0 Å². The highest BCUT2D eigenvalue weighted by Gasteiger charge is 2.16. The molecule has 0 amide bonds. The standard InChI is InChI=1S/C10H14N2/c1-7-3-4-10-9(5-7)8(2)6-11-12-10/h4-7,11-12H,3H2,1-2H3. The Morgan fingerprint density at radius 3 is 3.17 bits per heavy atom. The highest BCUT2D eigenvalue weighted by atomic mass is 15.4. The molecule has 0 aromatic heterocycles. The lowest BCUT2D eigenvalue weighted by Crippen LogP contribution is -2.32. The fourth-order valence-electron chi connectivity index (χ4n) is 1.62. The van der Waals surface area contributed by atoms with Gasteiger partial charge in [0.15, 0.2) is 0 Å². The minimum absolute atomic E-state index is 0.673. The summed E-state index contributed by atoms with van der Waals surface area (Å²) < 4.78 is 0. The van der Waals surface area contributed by atoms with Gasteiger partial charge in [-0.2, -0.15) is 0 Å². The Kier molecular flexibility index (Phi) is 1.68. The third kappa shape index (κ3) is 1.13. The maximum absolute atomic E-state index is 3.14. The Bertz CT molecular complexity index is 284. The molecule has 12 heavy (non-hydrogen) atoms. The van der Waals surface area contributed by atoms with E-state index in [0.29, 0.717) is 5.92 Å². The Morgan fingerprint density at radius 1 is 1.50 bits per heavy atom. The number of hydrogen-bond acceptors (Lipinski definition) is 2. The molecule has 2 heteroatoms. The zero-order valence-electron chi connectivity index (χ0n) is 7.52. The summed E-state index contributed by atoms with van der Waals surface area (Å²) in [6, 6.07) is 0. The van der Waals surface area contributed by atoms with Crippen LogP contribution in [0, 0.1) is 5.92 Å². The Hall–Kier alpha value is -1.18. The normalized spacial score (nSPS) is 27.2. The molecule has 0 radical (unpaired) electrons. The van der Waals surface area contributed by atoms with Crippen molar-refractivity contribution in [2.24, 2.45) is 5.92 Å². The van der Waals surface area contributed by atoms with Crippen molar-refractivity contribution in [1.82, 2.24) is 10.9 Å². The van der Waals surface area contributed by atoms with E-state index < -0.39 is 0 Å². The van der Waals surface area contributed by atoms with E-state index in [1.807, 2.05) is 6.20 Å². The molecule has 2 N–H and O–H groups in total. The average molecular weight is 162 g/mol. The summed E-state index contributed by atoms with van der Waals surface area (Å²) in [7, 11) is 0. The van der Waals surface area contributed by atoms with Crippen molar-refractivity contribution in [2.75, 3.05) is 0 Å². The van der Waals surface area contributed by atoms with Crippen molar-refractivity contribution in [1.29, 1.82) is 0 Å². The van der Waals surface area contributed by atoms with Crippen LogP contribution in [0.3, 0.4) is 0 Å². The van der Waals surface area contributed by atoms with Crippen LogP contribution < -0.4 is 10.9 Å². The van der Waals surface area contributed by atoms with Crippen LogP contribution in [0.4, 0.5) is 0 Å². The second-order valence-corrected chi connectivity index (χ2v) is 3.51. The topological polar surface area (TPSA) is 24.1 Å². The molecule has 1 atom stereocenters. The zero-order chi connectivity index (χ0) is 8.55. The van der Waals surface area contributed by atoms with Crippen LogP contribution in [-0.2, 0) is 0 Å². The second kappa shape index (κ2) is 2.70. The van der Waals surface area contributed by atoms with Gasteiger partial charge in [0.25, 0.3) is 0 Å². The van der Waals surface area contributed by atoms with Crippen molar-refractivity contribution in [3.8, 4) is 0 Å². The monoisotopic (exact) mass is 162 g/mol. The second-order valence-electron chi connectivity index (χ2n) is 3.51. The van der Waals surface area contributed by atoms with E-state index in [-0.39, 0.29) is 0 Å². The molecule has 1 aliphatic heterocycles. The molecule has 0 bridgehead atoms. The third-order valence-electron chi connectivity index (χ3n) is 2.36. The first kappa shape index (κ1) is 7.47. The molecule has 2 rings (SSSR count). The van der Waals surface area contributed by atoms with Crippen molar-refractivity contribution >= 4 is 0 Å². The van der Waals surface area contributed by atoms with Crippen LogP contribution in [0.15, 0.2) is 35.2 Å². The van der Waals surface area contributed by atoms with Gasteiger partial charge in [0.2, 0.25) is 0 Å². The lowest BCUT2D eigenvalue weighted by atomic mass is 9.91. The summed E-state index contributed by atoms with van der Waals surface area (Å²) in [5, 5.41) is 0. The lowest BCUT2D eigenvalue weighted by molar-refractivity contribution is 0.657. The Morgan fingerprint density at radius 2 is 2.33 bits per heavy atom. The highest BCUT2D eigenvalue weighted by Crippen LogP contribution is 2.27. The molecule has 0 aromatic rings. The molecular weight excluding hydrogens is 148 g/mol. The highest BCUT2D eigenvalue weighted by molar-refractivity contribution is 5.48. The molecular formula is C10H14N2. The van der Waals surface area contributed by atoms with Crippen LogP contribution in [0.2, 0.25) is 0 Å². The fourth-order valence-corrected chi connectivity index (χ4v) is 1.62. The molecule has 0 saturated carbocycles. The SMILES string of the molecule is CC1=CNNC2=CCC(C)C=C12. The smallest absolute Gasteiger partial charge is 0.0572 e. The van der Waals surface area contributed by atoms with Crippen molar-refractivity contribution in [3.05, 3.63) is 35.2 Å². The van der Waals surface area contributed by atoms with E-state index in [1.54, 1.807) is 0 Å². The van der Waals surface area contributed by atoms with Crippen LogP contribution >= 0.6 is 0 Å². The molecule has 1 unspecified atom stereocenters. The van der Waals surface area contributed by atoms with Crippen LogP contribution in [-0.4, -0.2) is 0 Å². The summed E-state index contributed by atoms with van der Waals surface area (Å²) in [6.45, 7) is 4.38. The van der Waals surface area contributed by atoms with Crippen molar-refractivity contribution in [2.45, 2.75) is 20.3 Å². The van der Waals surface area contributed by atoms with Gasteiger partial charge in [-0.15, -0.1) is 0 Å². The minimum Gasteiger partial charge on any atom is -0.308 e. The largest absolute Gasteiger partial charge is 0.308 e. The van der Waals surface area contributed by atoms with Gasteiger partial charge in [0.1, 0.15) is 0 Å². The molecule has 2 aliphatic rings. The first-order valence-corrected chi connectivity index (χ1v) is 4.38. The summed E-state index contributed by atoms with van der Waals surface area (Å²) in [4.78, 5) is 0. The predicted molar refractivity (Wildman–Crippen MR) is 50.0 cm³/mol. The van der Waals surface area contributed by atoms with Gasteiger partial charge >= 0.3 is 0 Å². The molecule has 64 valence electrons. The van der Waals surface area contributed by atoms with Crippen molar-refractivity contribution in [3.63, 3.8) is 0 Å². The fraction of sp³-hybridized carbons (Fsp3) is 0.400.